The molecule has 2 rings (SSSR count). The number of nitro benzene ring substituents is 1. The molecule has 1 aliphatic heterocycles. The maximum absolute atomic E-state index is 11.2. The summed E-state index contributed by atoms with van der Waals surface area (Å²) < 4.78 is 9.62. The van der Waals surface area contributed by atoms with Crippen LogP contribution in [-0.4, -0.2) is 48.6 Å². The highest BCUT2D eigenvalue weighted by Crippen LogP contribution is 2.28. The topological polar surface area (TPSA) is 108 Å². The molecule has 1 fully saturated rings. The third-order valence-corrected chi connectivity index (χ3v) is 3.83. The average Bonchev–Trinajstić information content (AvgIpc) is 2.55. The number of halogens is 1. The van der Waals surface area contributed by atoms with Crippen molar-refractivity contribution in [1.82, 2.24) is 4.90 Å². The molecule has 2 N–H and O–H groups in total. The summed E-state index contributed by atoms with van der Waals surface area (Å²) in [6, 6.07) is 5.02. The van der Waals surface area contributed by atoms with Crippen molar-refractivity contribution in [3.8, 4) is 5.75 Å². The van der Waals surface area contributed by atoms with Crippen LogP contribution in [0.5, 0.6) is 5.75 Å². The number of hydrogen-bond donors (Lipinski definition) is 1. The molecule has 0 unspecified atom stereocenters. The fourth-order valence-corrected chi connectivity index (χ4v) is 2.49. The maximum atomic E-state index is 11.2. The number of ether oxygens (including phenoxy) is 2. The second kappa shape index (κ2) is 9.41. The zero-order chi connectivity index (χ0) is 16.8. The summed E-state index contributed by atoms with van der Waals surface area (Å²) in [4.78, 5) is 24.0. The first kappa shape index (κ1) is 20.1. The van der Waals surface area contributed by atoms with Gasteiger partial charge in [-0.2, -0.15) is 0 Å². The predicted molar refractivity (Wildman–Crippen MR) is 90.3 cm³/mol. The van der Waals surface area contributed by atoms with Gasteiger partial charge in [0.2, 0.25) is 0 Å². The van der Waals surface area contributed by atoms with E-state index in [1.165, 1.54) is 19.2 Å². The van der Waals surface area contributed by atoms with Crippen molar-refractivity contribution in [2.45, 2.75) is 25.4 Å². The Bertz CT molecular complexity index is 576. The molecule has 0 radical (unpaired) electrons. The van der Waals surface area contributed by atoms with Gasteiger partial charge in [0.1, 0.15) is 0 Å². The first-order valence-corrected chi connectivity index (χ1v) is 7.44. The van der Waals surface area contributed by atoms with Crippen LogP contribution in [0.25, 0.3) is 0 Å². The molecule has 1 aromatic rings. The molecular weight excluding hydrogens is 338 g/mol. The number of methoxy groups -OCH3 is 1. The molecule has 1 saturated heterocycles. The minimum absolute atomic E-state index is 0. The van der Waals surface area contributed by atoms with Crippen molar-refractivity contribution in [3.05, 3.63) is 33.9 Å². The van der Waals surface area contributed by atoms with Crippen LogP contribution < -0.4 is 10.5 Å². The van der Waals surface area contributed by atoms with Crippen LogP contribution in [0, 0.1) is 10.1 Å². The molecule has 0 amide bonds. The number of benzene rings is 1. The Labute approximate surface area is 146 Å². The summed E-state index contributed by atoms with van der Waals surface area (Å²) in [6.07, 6.45) is 1.87. The van der Waals surface area contributed by atoms with Gasteiger partial charge in [0.25, 0.3) is 0 Å². The summed E-state index contributed by atoms with van der Waals surface area (Å²) >= 11 is 0. The van der Waals surface area contributed by atoms with Crippen LogP contribution in [0.1, 0.15) is 18.4 Å². The van der Waals surface area contributed by atoms with Gasteiger partial charge in [-0.25, -0.2) is 4.79 Å². The van der Waals surface area contributed by atoms with Crippen LogP contribution in [0.2, 0.25) is 0 Å². The fraction of sp³-hybridized carbons (Fsp3) is 0.533. The van der Waals surface area contributed by atoms with Gasteiger partial charge in [0, 0.05) is 18.7 Å². The van der Waals surface area contributed by atoms with E-state index in [2.05, 4.69) is 9.64 Å². The molecule has 1 aliphatic rings. The van der Waals surface area contributed by atoms with Gasteiger partial charge in [-0.1, -0.05) is 6.07 Å². The van der Waals surface area contributed by atoms with Gasteiger partial charge in [0.15, 0.2) is 12.4 Å². The van der Waals surface area contributed by atoms with Crippen LogP contribution in [0.4, 0.5) is 5.69 Å². The summed E-state index contributed by atoms with van der Waals surface area (Å²) in [5.41, 5.74) is 6.55. The van der Waals surface area contributed by atoms with Gasteiger partial charge in [-0.3, -0.25) is 15.0 Å². The van der Waals surface area contributed by atoms with E-state index < -0.39 is 10.9 Å². The van der Waals surface area contributed by atoms with E-state index in [1.54, 1.807) is 6.07 Å². The molecule has 0 bridgehead atoms. The SMILES string of the molecule is COC(=O)COc1ccc(CN2CCC(N)CC2)cc1[N+](=O)[O-].Cl. The number of nitrogens with zero attached hydrogens (tertiary/aromatic N) is 2. The van der Waals surface area contributed by atoms with Crippen LogP contribution >= 0.6 is 12.4 Å². The van der Waals surface area contributed by atoms with E-state index in [0.717, 1.165) is 31.5 Å². The largest absolute Gasteiger partial charge is 0.475 e. The van der Waals surface area contributed by atoms with Crippen LogP contribution in [0.15, 0.2) is 18.2 Å². The number of nitro groups is 1. The van der Waals surface area contributed by atoms with E-state index in [-0.39, 0.29) is 36.5 Å². The minimum atomic E-state index is -0.590. The van der Waals surface area contributed by atoms with Crippen LogP contribution in [-0.2, 0) is 16.1 Å². The molecule has 9 heteroatoms. The molecule has 0 spiro atoms. The maximum Gasteiger partial charge on any atom is 0.343 e. The van der Waals surface area contributed by atoms with Crippen molar-refractivity contribution < 1.29 is 19.2 Å². The number of likely N-dealkylation sites (tertiary alicyclic amines) is 1. The second-order valence-electron chi connectivity index (χ2n) is 5.54. The molecular formula is C15H22ClN3O5. The van der Waals surface area contributed by atoms with Gasteiger partial charge in [-0.15, -0.1) is 12.4 Å². The van der Waals surface area contributed by atoms with Crippen molar-refractivity contribution in [2.75, 3.05) is 26.8 Å². The number of carbonyl (C=O) groups is 1. The average molecular weight is 360 g/mol. The van der Waals surface area contributed by atoms with Gasteiger partial charge in [-0.05, 0) is 37.6 Å². The number of carbonyl (C=O) groups excluding carboxylic acids is 1. The first-order valence-electron chi connectivity index (χ1n) is 7.44. The summed E-state index contributed by atoms with van der Waals surface area (Å²) in [7, 11) is 1.23. The van der Waals surface area contributed by atoms with Crippen molar-refractivity contribution >= 4 is 24.1 Å². The van der Waals surface area contributed by atoms with E-state index in [0.29, 0.717) is 6.54 Å². The molecule has 1 heterocycles. The summed E-state index contributed by atoms with van der Waals surface area (Å²) in [5.74, 6) is -0.530. The van der Waals surface area contributed by atoms with Gasteiger partial charge in [0.05, 0.1) is 12.0 Å². The Hall–Kier alpha value is -1.90. The minimum Gasteiger partial charge on any atom is -0.475 e. The lowest BCUT2D eigenvalue weighted by atomic mass is 10.1. The third kappa shape index (κ3) is 5.63. The lowest BCUT2D eigenvalue weighted by Gasteiger charge is -2.30. The monoisotopic (exact) mass is 359 g/mol. The number of nitrogens with two attached hydrogens (primary N) is 1. The zero-order valence-electron chi connectivity index (χ0n) is 13.5. The standard InChI is InChI=1S/C15H21N3O5.ClH/c1-22-15(19)10-23-14-3-2-11(8-13(14)18(20)21)9-17-6-4-12(16)5-7-17;/h2-3,8,12H,4-7,9-10,16H2,1H3;1H. The Morgan fingerprint density at radius 2 is 2.08 bits per heavy atom. The quantitative estimate of drug-likeness (QED) is 0.465. The van der Waals surface area contributed by atoms with Crippen molar-refractivity contribution in [1.29, 1.82) is 0 Å². The number of esters is 1. The second-order valence-corrected chi connectivity index (χ2v) is 5.54. The number of hydrogen-bond acceptors (Lipinski definition) is 7. The highest BCUT2D eigenvalue weighted by molar-refractivity contribution is 5.85. The molecule has 24 heavy (non-hydrogen) atoms. The number of piperidine rings is 1. The van der Waals surface area contributed by atoms with Gasteiger partial charge >= 0.3 is 11.7 Å². The molecule has 0 aliphatic carbocycles. The zero-order valence-corrected chi connectivity index (χ0v) is 14.3. The molecule has 134 valence electrons. The third-order valence-electron chi connectivity index (χ3n) is 3.83. The lowest BCUT2D eigenvalue weighted by molar-refractivity contribution is -0.385. The predicted octanol–water partition coefficient (Wildman–Crippen LogP) is 1.49. The Morgan fingerprint density at radius 1 is 1.42 bits per heavy atom. The summed E-state index contributed by atoms with van der Waals surface area (Å²) in [6.45, 7) is 2.04. The Morgan fingerprint density at radius 3 is 2.67 bits per heavy atom. The lowest BCUT2D eigenvalue weighted by Crippen LogP contribution is -2.39. The van der Waals surface area contributed by atoms with Crippen LogP contribution in [0.3, 0.4) is 0 Å². The molecule has 1 aromatic carbocycles. The van der Waals surface area contributed by atoms with E-state index in [9.17, 15) is 14.9 Å². The first-order chi connectivity index (χ1) is 11.0. The van der Waals surface area contributed by atoms with Gasteiger partial charge < -0.3 is 15.2 Å². The Kier molecular flexibility index (Phi) is 7.90. The molecule has 0 atom stereocenters. The van der Waals surface area contributed by atoms with Crippen molar-refractivity contribution in [3.63, 3.8) is 0 Å². The van der Waals surface area contributed by atoms with Crippen molar-refractivity contribution in [2.24, 2.45) is 5.73 Å². The van der Waals surface area contributed by atoms with E-state index in [1.807, 2.05) is 0 Å². The summed E-state index contributed by atoms with van der Waals surface area (Å²) in [5, 5.41) is 11.2. The molecule has 0 saturated carbocycles. The van der Waals surface area contributed by atoms with E-state index in [4.69, 9.17) is 10.5 Å². The fourth-order valence-electron chi connectivity index (χ4n) is 2.49. The molecule has 0 aromatic heterocycles. The molecule has 8 nitrogen and oxygen atoms in total. The smallest absolute Gasteiger partial charge is 0.343 e. The Balaban J connectivity index is 0.00000288. The highest BCUT2D eigenvalue weighted by Gasteiger charge is 2.20. The van der Waals surface area contributed by atoms with E-state index >= 15 is 0 Å². The highest BCUT2D eigenvalue weighted by atomic mass is 35.5. The normalized spacial score (nSPS) is 15.4. The number of rotatable bonds is 6.